The van der Waals surface area contributed by atoms with E-state index < -0.39 is 0 Å². The van der Waals surface area contributed by atoms with Crippen LogP contribution in [0.2, 0.25) is 0 Å². The molecule has 11 aromatic rings. The van der Waals surface area contributed by atoms with E-state index in [0.717, 1.165) is 55.7 Å². The summed E-state index contributed by atoms with van der Waals surface area (Å²) in [5.41, 5.74) is 14.3. The zero-order valence-corrected chi connectivity index (χ0v) is 31.8. The maximum absolute atomic E-state index is 6.84. The first-order valence-electron chi connectivity index (χ1n) is 19.3. The average molecular weight is 746 g/mol. The molecular formula is C54H35NOS. The summed E-state index contributed by atoms with van der Waals surface area (Å²) in [5, 5.41) is 4.81. The number of fused-ring (bicyclic) bond motifs is 6. The summed E-state index contributed by atoms with van der Waals surface area (Å²) in [6.45, 7) is 0. The van der Waals surface area contributed by atoms with Crippen LogP contribution in [0.3, 0.4) is 0 Å². The van der Waals surface area contributed by atoms with Crippen molar-refractivity contribution in [3.8, 4) is 44.5 Å². The Bertz CT molecular complexity index is 3200. The molecule has 0 saturated heterocycles. The Kier molecular flexibility index (Phi) is 8.04. The number of thiophene rings is 1. The van der Waals surface area contributed by atoms with E-state index in [4.69, 9.17) is 4.42 Å². The van der Waals surface area contributed by atoms with E-state index in [1.807, 2.05) is 17.4 Å². The van der Waals surface area contributed by atoms with Crippen LogP contribution in [-0.2, 0) is 0 Å². The lowest BCUT2D eigenvalue weighted by Crippen LogP contribution is -2.11. The summed E-state index contributed by atoms with van der Waals surface area (Å²) in [5.74, 6) is 0. The SMILES string of the molecule is c1ccc(-c2ccc(-c3ccc(N(c4ccc(-c5cccc6sc7ccccc7c56)cc4)c4c(-c5ccccc5)ccc5c4oc4ccccc45)cc3)cc2)cc1. The summed E-state index contributed by atoms with van der Waals surface area (Å²) in [6, 6.07) is 76.2. The zero-order valence-electron chi connectivity index (χ0n) is 31.0. The normalized spacial score (nSPS) is 11.5. The largest absolute Gasteiger partial charge is 0.454 e. The molecule has 3 heteroatoms. The molecule has 0 amide bonds. The van der Waals surface area contributed by atoms with Crippen LogP contribution in [0.5, 0.6) is 0 Å². The molecule has 0 bridgehead atoms. The minimum absolute atomic E-state index is 0.858. The highest BCUT2D eigenvalue weighted by molar-refractivity contribution is 7.25. The Morgan fingerprint density at radius 3 is 1.53 bits per heavy atom. The molecule has 0 aliphatic heterocycles. The molecule has 0 N–H and O–H groups in total. The average Bonchev–Trinajstić information content (AvgIpc) is 3.87. The molecular weight excluding hydrogens is 711 g/mol. The van der Waals surface area contributed by atoms with Gasteiger partial charge in [0.15, 0.2) is 5.58 Å². The van der Waals surface area contributed by atoms with E-state index in [-0.39, 0.29) is 0 Å². The van der Waals surface area contributed by atoms with Crippen LogP contribution in [0.15, 0.2) is 217 Å². The maximum Gasteiger partial charge on any atom is 0.160 e. The monoisotopic (exact) mass is 745 g/mol. The van der Waals surface area contributed by atoms with Crippen LogP contribution >= 0.6 is 11.3 Å². The first-order valence-corrected chi connectivity index (χ1v) is 20.1. The van der Waals surface area contributed by atoms with E-state index in [0.29, 0.717) is 0 Å². The standard InChI is InChI=1S/C54H35NOS/c1-3-12-36(13-4-1)37-22-24-38(25-23-37)39-26-30-42(31-27-39)55(43-32-28-41(29-33-43)44-18-11-21-51-52(44)48-17-8-10-20-50(48)57-51)53-45(40-14-5-2-6-15-40)34-35-47-46-16-7-9-19-49(46)56-54(47)53/h1-35H. The molecule has 2 heterocycles. The molecule has 57 heavy (non-hydrogen) atoms. The maximum atomic E-state index is 6.84. The summed E-state index contributed by atoms with van der Waals surface area (Å²) in [7, 11) is 0. The van der Waals surface area contributed by atoms with Crippen LogP contribution in [0.4, 0.5) is 17.1 Å². The van der Waals surface area contributed by atoms with Gasteiger partial charge in [0, 0.05) is 47.9 Å². The summed E-state index contributed by atoms with van der Waals surface area (Å²) >= 11 is 1.86. The van der Waals surface area contributed by atoms with Gasteiger partial charge >= 0.3 is 0 Å². The van der Waals surface area contributed by atoms with Crippen LogP contribution in [-0.4, -0.2) is 0 Å². The number of hydrogen-bond donors (Lipinski definition) is 0. The summed E-state index contributed by atoms with van der Waals surface area (Å²) in [6.07, 6.45) is 0. The molecule has 11 rings (SSSR count). The molecule has 0 aliphatic carbocycles. The van der Waals surface area contributed by atoms with Crippen molar-refractivity contribution < 1.29 is 4.42 Å². The van der Waals surface area contributed by atoms with Crippen molar-refractivity contribution in [3.63, 3.8) is 0 Å². The number of furan rings is 1. The highest BCUT2D eigenvalue weighted by Crippen LogP contribution is 2.48. The first kappa shape index (κ1) is 33.2. The lowest BCUT2D eigenvalue weighted by molar-refractivity contribution is 0.669. The van der Waals surface area contributed by atoms with Gasteiger partial charge in [-0.05, 0) is 87.5 Å². The molecule has 0 radical (unpaired) electrons. The predicted molar refractivity (Wildman–Crippen MR) is 243 cm³/mol. The second-order valence-corrected chi connectivity index (χ2v) is 15.5. The molecule has 2 nitrogen and oxygen atoms in total. The van der Waals surface area contributed by atoms with Gasteiger partial charge < -0.3 is 9.32 Å². The first-order chi connectivity index (χ1) is 28.3. The van der Waals surface area contributed by atoms with Crippen LogP contribution < -0.4 is 4.90 Å². The van der Waals surface area contributed by atoms with Crippen LogP contribution in [0.25, 0.3) is 86.6 Å². The van der Waals surface area contributed by atoms with Gasteiger partial charge in [-0.1, -0.05) is 164 Å². The second-order valence-electron chi connectivity index (χ2n) is 14.5. The number of nitrogens with zero attached hydrogens (tertiary/aromatic N) is 1. The Balaban J connectivity index is 1.09. The van der Waals surface area contributed by atoms with Crippen molar-refractivity contribution in [3.05, 3.63) is 212 Å². The third-order valence-corrected chi connectivity index (χ3v) is 12.3. The highest BCUT2D eigenvalue weighted by atomic mass is 32.1. The molecule has 268 valence electrons. The Morgan fingerprint density at radius 2 is 0.842 bits per heavy atom. The Labute approximate surface area is 335 Å². The lowest BCUT2D eigenvalue weighted by atomic mass is 9.97. The summed E-state index contributed by atoms with van der Waals surface area (Å²) in [4.78, 5) is 2.37. The minimum atomic E-state index is 0.858. The van der Waals surface area contributed by atoms with E-state index in [1.54, 1.807) is 0 Å². The van der Waals surface area contributed by atoms with Gasteiger partial charge in [-0.25, -0.2) is 0 Å². The van der Waals surface area contributed by atoms with Gasteiger partial charge in [0.2, 0.25) is 0 Å². The number of hydrogen-bond acceptors (Lipinski definition) is 3. The predicted octanol–water partition coefficient (Wildman–Crippen LogP) is 16.1. The summed E-state index contributed by atoms with van der Waals surface area (Å²) < 4.78 is 9.46. The molecule has 0 fully saturated rings. The van der Waals surface area contributed by atoms with Crippen molar-refractivity contribution in [2.75, 3.05) is 4.90 Å². The fraction of sp³-hybridized carbons (Fsp3) is 0. The van der Waals surface area contributed by atoms with Crippen LogP contribution in [0, 0.1) is 0 Å². The van der Waals surface area contributed by atoms with Crippen LogP contribution in [0.1, 0.15) is 0 Å². The highest BCUT2D eigenvalue weighted by Gasteiger charge is 2.24. The van der Waals surface area contributed by atoms with Gasteiger partial charge in [-0.3, -0.25) is 0 Å². The van der Waals surface area contributed by atoms with E-state index >= 15 is 0 Å². The van der Waals surface area contributed by atoms with E-state index in [2.05, 4.69) is 211 Å². The van der Waals surface area contributed by atoms with Crippen molar-refractivity contribution in [2.24, 2.45) is 0 Å². The smallest absolute Gasteiger partial charge is 0.160 e. The van der Waals surface area contributed by atoms with Crippen molar-refractivity contribution in [2.45, 2.75) is 0 Å². The second kappa shape index (κ2) is 13.8. The molecule has 0 saturated carbocycles. The Hall–Kier alpha value is -7.20. The lowest BCUT2D eigenvalue weighted by Gasteiger charge is -2.28. The molecule has 9 aromatic carbocycles. The van der Waals surface area contributed by atoms with E-state index in [9.17, 15) is 0 Å². The molecule has 2 aromatic heterocycles. The third-order valence-electron chi connectivity index (χ3n) is 11.1. The Morgan fingerprint density at radius 1 is 0.333 bits per heavy atom. The molecule has 0 spiro atoms. The number of rotatable bonds is 7. The van der Waals surface area contributed by atoms with E-state index in [1.165, 1.54) is 48.0 Å². The van der Waals surface area contributed by atoms with Gasteiger partial charge in [0.1, 0.15) is 5.58 Å². The molecule has 0 atom stereocenters. The zero-order chi connectivity index (χ0) is 37.7. The van der Waals surface area contributed by atoms with Crippen molar-refractivity contribution in [1.29, 1.82) is 0 Å². The van der Waals surface area contributed by atoms with Gasteiger partial charge in [0.25, 0.3) is 0 Å². The van der Waals surface area contributed by atoms with Gasteiger partial charge in [0.05, 0.1) is 5.69 Å². The third kappa shape index (κ3) is 5.80. The van der Waals surface area contributed by atoms with Crippen molar-refractivity contribution >= 4 is 70.5 Å². The molecule has 0 aliphatic rings. The van der Waals surface area contributed by atoms with Crippen molar-refractivity contribution in [1.82, 2.24) is 0 Å². The molecule has 0 unspecified atom stereocenters. The van der Waals surface area contributed by atoms with Gasteiger partial charge in [-0.2, -0.15) is 0 Å². The topological polar surface area (TPSA) is 16.4 Å². The fourth-order valence-corrected chi connectivity index (χ4v) is 9.48. The van der Waals surface area contributed by atoms with Gasteiger partial charge in [-0.15, -0.1) is 11.3 Å². The number of anilines is 3. The minimum Gasteiger partial charge on any atom is -0.454 e. The number of benzene rings is 9. The number of para-hydroxylation sites is 1. The fourth-order valence-electron chi connectivity index (χ4n) is 8.35. The quantitative estimate of drug-likeness (QED) is 0.162.